The van der Waals surface area contributed by atoms with E-state index in [0.29, 0.717) is 0 Å². The van der Waals surface area contributed by atoms with Crippen molar-refractivity contribution in [2.24, 2.45) is 0 Å². The predicted octanol–water partition coefficient (Wildman–Crippen LogP) is 6.64. The quantitative estimate of drug-likeness (QED) is 0.473. The van der Waals surface area contributed by atoms with Crippen molar-refractivity contribution in [2.75, 3.05) is 0 Å². The van der Waals surface area contributed by atoms with Crippen LogP contribution < -0.4 is 0 Å². The Kier molecular flexibility index (Phi) is 5.08. The molecule has 0 aliphatic heterocycles. The summed E-state index contributed by atoms with van der Waals surface area (Å²) >= 11 is 0. The Morgan fingerprint density at radius 3 is 1.21 bits per heavy atom. The van der Waals surface area contributed by atoms with Gasteiger partial charge in [-0.2, -0.15) is 0 Å². The zero-order valence-electron chi connectivity index (χ0n) is 14.2. The highest BCUT2D eigenvalue weighted by atomic mass is 14.0. The molecule has 3 rings (SSSR count). The lowest BCUT2D eigenvalue weighted by molar-refractivity contribution is 1.46. The van der Waals surface area contributed by atoms with Gasteiger partial charge in [0.15, 0.2) is 0 Å². The van der Waals surface area contributed by atoms with Crippen LogP contribution in [0.25, 0.3) is 24.3 Å². The Hall–Kier alpha value is -2.86. The summed E-state index contributed by atoms with van der Waals surface area (Å²) in [6, 6.07) is 25.6. The molecular formula is C24H22. The maximum atomic E-state index is 2.18. The van der Waals surface area contributed by atoms with E-state index >= 15 is 0 Å². The molecule has 0 fully saturated rings. The summed E-state index contributed by atoms with van der Waals surface area (Å²) in [5, 5.41) is 0. The molecule has 0 atom stereocenters. The fourth-order valence-electron chi connectivity index (χ4n) is 2.54. The summed E-state index contributed by atoms with van der Waals surface area (Å²) in [5.74, 6) is 0. The van der Waals surface area contributed by atoms with Crippen molar-refractivity contribution >= 4 is 24.3 Å². The molecule has 0 unspecified atom stereocenters. The SMILES string of the molecule is Cc1ccc(/C=C/c2ccccc2/C=C/c2ccc(C)cc2)cc1. The third-order valence-electron chi connectivity index (χ3n) is 4.06. The average Bonchev–Trinajstić information content (AvgIpc) is 2.61. The molecule has 0 spiro atoms. The molecule has 0 aliphatic rings. The fraction of sp³-hybridized carbons (Fsp3) is 0.0833. The van der Waals surface area contributed by atoms with Crippen molar-refractivity contribution in [3.05, 3.63) is 106 Å². The van der Waals surface area contributed by atoms with Gasteiger partial charge < -0.3 is 0 Å². The Bertz CT molecular complexity index is 773. The van der Waals surface area contributed by atoms with Gasteiger partial charge in [0.1, 0.15) is 0 Å². The molecule has 0 saturated heterocycles. The fourth-order valence-corrected chi connectivity index (χ4v) is 2.54. The van der Waals surface area contributed by atoms with Crippen LogP contribution in [0.4, 0.5) is 0 Å². The molecule has 0 N–H and O–H groups in total. The molecule has 0 amide bonds. The van der Waals surface area contributed by atoms with E-state index in [4.69, 9.17) is 0 Å². The topological polar surface area (TPSA) is 0 Å². The maximum Gasteiger partial charge on any atom is -0.0184 e. The monoisotopic (exact) mass is 310 g/mol. The van der Waals surface area contributed by atoms with Gasteiger partial charge in [0, 0.05) is 0 Å². The third-order valence-corrected chi connectivity index (χ3v) is 4.06. The van der Waals surface area contributed by atoms with Gasteiger partial charge in [-0.25, -0.2) is 0 Å². The van der Waals surface area contributed by atoms with Crippen LogP contribution >= 0.6 is 0 Å². The van der Waals surface area contributed by atoms with Crippen molar-refractivity contribution in [3.8, 4) is 0 Å². The lowest BCUT2D eigenvalue weighted by atomic mass is 10.0. The van der Waals surface area contributed by atoms with Crippen molar-refractivity contribution < 1.29 is 0 Å². The van der Waals surface area contributed by atoms with Crippen LogP contribution in [0.3, 0.4) is 0 Å². The molecule has 0 saturated carbocycles. The Labute approximate surface area is 144 Å². The van der Waals surface area contributed by atoms with Crippen LogP contribution in [-0.4, -0.2) is 0 Å². The second-order valence-corrected chi connectivity index (χ2v) is 6.12. The van der Waals surface area contributed by atoms with Gasteiger partial charge in [-0.05, 0) is 36.1 Å². The largest absolute Gasteiger partial charge is 0.0616 e. The Balaban J connectivity index is 1.82. The van der Waals surface area contributed by atoms with Gasteiger partial charge in [-0.15, -0.1) is 0 Å². The van der Waals surface area contributed by atoms with Crippen molar-refractivity contribution in [3.63, 3.8) is 0 Å². The summed E-state index contributed by atoms with van der Waals surface area (Å²) in [7, 11) is 0. The first kappa shape index (κ1) is 16.0. The van der Waals surface area contributed by atoms with Gasteiger partial charge in [0.05, 0.1) is 0 Å². The summed E-state index contributed by atoms with van der Waals surface area (Å²) in [6.07, 6.45) is 8.69. The highest BCUT2D eigenvalue weighted by Gasteiger charge is 1.95. The molecule has 0 aliphatic carbocycles. The summed E-state index contributed by atoms with van der Waals surface area (Å²) < 4.78 is 0. The normalized spacial score (nSPS) is 11.4. The Morgan fingerprint density at radius 1 is 0.458 bits per heavy atom. The van der Waals surface area contributed by atoms with Gasteiger partial charge in [0.2, 0.25) is 0 Å². The number of aryl methyl sites for hydroxylation is 2. The van der Waals surface area contributed by atoms with Gasteiger partial charge in [-0.3, -0.25) is 0 Å². The molecule has 3 aromatic carbocycles. The van der Waals surface area contributed by atoms with Crippen LogP contribution in [-0.2, 0) is 0 Å². The third kappa shape index (κ3) is 4.33. The first-order chi connectivity index (χ1) is 11.7. The van der Waals surface area contributed by atoms with Crippen LogP contribution in [0.5, 0.6) is 0 Å². The first-order valence-electron chi connectivity index (χ1n) is 8.29. The van der Waals surface area contributed by atoms with Crippen LogP contribution in [0, 0.1) is 13.8 Å². The smallest absolute Gasteiger partial charge is 0.0184 e. The lowest BCUT2D eigenvalue weighted by Gasteiger charge is -2.02. The minimum absolute atomic E-state index is 1.22. The van der Waals surface area contributed by atoms with E-state index in [9.17, 15) is 0 Å². The number of hydrogen-bond acceptors (Lipinski definition) is 0. The number of benzene rings is 3. The molecular weight excluding hydrogens is 288 g/mol. The van der Waals surface area contributed by atoms with E-state index in [1.165, 1.54) is 33.4 Å². The highest BCUT2D eigenvalue weighted by Crippen LogP contribution is 2.17. The van der Waals surface area contributed by atoms with Gasteiger partial charge in [0.25, 0.3) is 0 Å². The molecule has 0 aromatic heterocycles. The highest BCUT2D eigenvalue weighted by molar-refractivity contribution is 5.79. The summed E-state index contributed by atoms with van der Waals surface area (Å²) in [6.45, 7) is 4.22. The molecule has 0 heteroatoms. The molecule has 24 heavy (non-hydrogen) atoms. The summed E-state index contributed by atoms with van der Waals surface area (Å²) in [5.41, 5.74) is 7.46. The van der Waals surface area contributed by atoms with E-state index in [-0.39, 0.29) is 0 Å². The predicted molar refractivity (Wildman–Crippen MR) is 107 cm³/mol. The standard InChI is InChI=1S/C24H22/c1-19-7-11-21(12-8-19)15-17-23-5-3-4-6-24(23)18-16-22-13-9-20(2)10-14-22/h3-18H,1-2H3/b17-15+,18-16+. The lowest BCUT2D eigenvalue weighted by Crippen LogP contribution is -1.80. The molecule has 0 heterocycles. The molecule has 0 bridgehead atoms. The molecule has 118 valence electrons. The van der Waals surface area contributed by atoms with Crippen molar-refractivity contribution in [1.82, 2.24) is 0 Å². The molecule has 3 aromatic rings. The number of hydrogen-bond donors (Lipinski definition) is 0. The minimum Gasteiger partial charge on any atom is -0.0616 e. The van der Waals surface area contributed by atoms with Crippen molar-refractivity contribution in [1.29, 1.82) is 0 Å². The first-order valence-corrected chi connectivity index (χ1v) is 8.29. The maximum absolute atomic E-state index is 2.18. The van der Waals surface area contributed by atoms with Crippen LogP contribution in [0.1, 0.15) is 33.4 Å². The molecule has 0 nitrogen and oxygen atoms in total. The van der Waals surface area contributed by atoms with E-state index in [1.54, 1.807) is 0 Å². The zero-order valence-corrected chi connectivity index (χ0v) is 14.2. The van der Waals surface area contributed by atoms with E-state index < -0.39 is 0 Å². The summed E-state index contributed by atoms with van der Waals surface area (Å²) in [4.78, 5) is 0. The van der Waals surface area contributed by atoms with Crippen LogP contribution in [0.15, 0.2) is 72.8 Å². The second-order valence-electron chi connectivity index (χ2n) is 6.12. The van der Waals surface area contributed by atoms with Crippen molar-refractivity contribution in [2.45, 2.75) is 13.8 Å². The van der Waals surface area contributed by atoms with Crippen LogP contribution in [0.2, 0.25) is 0 Å². The zero-order chi connectivity index (χ0) is 16.8. The van der Waals surface area contributed by atoms with E-state index in [1.807, 2.05) is 0 Å². The van der Waals surface area contributed by atoms with Gasteiger partial charge >= 0.3 is 0 Å². The van der Waals surface area contributed by atoms with Gasteiger partial charge in [-0.1, -0.05) is 108 Å². The van der Waals surface area contributed by atoms with E-state index in [0.717, 1.165) is 0 Å². The average molecular weight is 310 g/mol. The second kappa shape index (κ2) is 7.61. The minimum atomic E-state index is 1.22. The van der Waals surface area contributed by atoms with E-state index in [2.05, 4.69) is 111 Å². The molecule has 0 radical (unpaired) electrons. The Morgan fingerprint density at radius 2 is 0.833 bits per heavy atom. The number of rotatable bonds is 4.